The highest BCUT2D eigenvalue weighted by Crippen LogP contribution is 2.25. The van der Waals surface area contributed by atoms with E-state index in [1.165, 1.54) is 11.8 Å². The topological polar surface area (TPSA) is 76.1 Å². The summed E-state index contributed by atoms with van der Waals surface area (Å²) >= 11 is 0. The number of anilines is 3. The minimum absolute atomic E-state index is 0.00723. The maximum atomic E-state index is 12.5. The Bertz CT molecular complexity index is 951. The number of amides is 1. The Morgan fingerprint density at radius 1 is 0.931 bits per heavy atom. The first-order chi connectivity index (χ1) is 13.9. The van der Waals surface area contributed by atoms with Crippen LogP contribution in [0.3, 0.4) is 0 Å². The fraction of sp³-hybridized carbons (Fsp3) is 0.261. The Balaban J connectivity index is 1.66. The van der Waals surface area contributed by atoms with Crippen molar-refractivity contribution in [2.45, 2.75) is 39.7 Å². The van der Waals surface area contributed by atoms with Crippen molar-refractivity contribution in [2.75, 3.05) is 10.6 Å². The molecule has 6 heteroatoms. The molecule has 0 aliphatic rings. The predicted octanol–water partition coefficient (Wildman–Crippen LogP) is 5.38. The van der Waals surface area contributed by atoms with Crippen molar-refractivity contribution < 1.29 is 9.53 Å². The molecule has 0 fully saturated rings. The van der Waals surface area contributed by atoms with Gasteiger partial charge in [-0.25, -0.2) is 9.97 Å². The molecule has 1 aromatic heterocycles. The van der Waals surface area contributed by atoms with Gasteiger partial charge in [0.2, 0.25) is 0 Å². The first-order valence-corrected chi connectivity index (χ1v) is 9.68. The van der Waals surface area contributed by atoms with E-state index in [9.17, 15) is 4.79 Å². The second-order valence-electron chi connectivity index (χ2n) is 7.31. The first kappa shape index (κ1) is 20.3. The lowest BCUT2D eigenvalue weighted by Crippen LogP contribution is -2.16. The average molecular weight is 390 g/mol. The Hall–Kier alpha value is -3.41. The van der Waals surface area contributed by atoms with Crippen molar-refractivity contribution in [3.8, 4) is 5.75 Å². The van der Waals surface area contributed by atoms with Gasteiger partial charge < -0.3 is 15.4 Å². The van der Waals surface area contributed by atoms with Crippen LogP contribution in [0.25, 0.3) is 0 Å². The van der Waals surface area contributed by atoms with E-state index in [-0.39, 0.29) is 17.7 Å². The lowest BCUT2D eigenvalue weighted by molar-refractivity contribution is 0.102. The molecular weight excluding hydrogens is 364 g/mol. The van der Waals surface area contributed by atoms with Crippen LogP contribution in [0.5, 0.6) is 5.75 Å². The molecule has 0 unspecified atom stereocenters. The van der Waals surface area contributed by atoms with Gasteiger partial charge in [-0.15, -0.1) is 0 Å². The van der Waals surface area contributed by atoms with Crippen molar-refractivity contribution in [2.24, 2.45) is 0 Å². The summed E-state index contributed by atoms with van der Waals surface area (Å²) in [5, 5.41) is 6.02. The van der Waals surface area contributed by atoms with E-state index in [2.05, 4.69) is 46.6 Å². The highest BCUT2D eigenvalue weighted by atomic mass is 16.5. The summed E-state index contributed by atoms with van der Waals surface area (Å²) in [6.45, 7) is 8.19. The molecule has 29 heavy (non-hydrogen) atoms. The number of nitrogens with one attached hydrogen (secondary N) is 2. The minimum atomic E-state index is -0.342. The van der Waals surface area contributed by atoms with Gasteiger partial charge in [-0.1, -0.05) is 38.1 Å². The molecule has 0 spiro atoms. The third-order valence-electron chi connectivity index (χ3n) is 4.23. The van der Waals surface area contributed by atoms with Gasteiger partial charge in [0.15, 0.2) is 0 Å². The Kier molecular flexibility index (Phi) is 6.44. The zero-order valence-corrected chi connectivity index (χ0v) is 17.1. The SMILES string of the molecule is CC(C)Oc1ccccc1NC(=O)c1cnc(Nc2ccc(C(C)C)cc2)cn1. The van der Waals surface area contributed by atoms with E-state index in [0.29, 0.717) is 23.2 Å². The Morgan fingerprint density at radius 2 is 1.66 bits per heavy atom. The molecule has 2 N–H and O–H groups in total. The van der Waals surface area contributed by atoms with Crippen LogP contribution < -0.4 is 15.4 Å². The minimum Gasteiger partial charge on any atom is -0.489 e. The van der Waals surface area contributed by atoms with Crippen LogP contribution in [0, 0.1) is 0 Å². The summed E-state index contributed by atoms with van der Waals surface area (Å²) in [6.07, 6.45) is 3.00. The number of hydrogen-bond acceptors (Lipinski definition) is 5. The number of rotatable bonds is 7. The molecule has 150 valence electrons. The fourth-order valence-electron chi connectivity index (χ4n) is 2.72. The van der Waals surface area contributed by atoms with Crippen molar-refractivity contribution in [1.29, 1.82) is 0 Å². The summed E-state index contributed by atoms with van der Waals surface area (Å²) in [4.78, 5) is 21.1. The number of carbonyl (C=O) groups excluding carboxylic acids is 1. The predicted molar refractivity (Wildman–Crippen MR) is 116 cm³/mol. The van der Waals surface area contributed by atoms with E-state index in [1.54, 1.807) is 12.3 Å². The molecule has 0 atom stereocenters. The highest BCUT2D eigenvalue weighted by molar-refractivity contribution is 6.03. The quantitative estimate of drug-likeness (QED) is 0.566. The molecule has 0 bridgehead atoms. The summed E-state index contributed by atoms with van der Waals surface area (Å²) in [5.41, 5.74) is 3.02. The van der Waals surface area contributed by atoms with Crippen LogP contribution in [0.15, 0.2) is 60.9 Å². The number of aromatic nitrogens is 2. The zero-order chi connectivity index (χ0) is 20.8. The van der Waals surface area contributed by atoms with Crippen LogP contribution in [0.1, 0.15) is 49.7 Å². The molecule has 0 aliphatic heterocycles. The van der Waals surface area contributed by atoms with Crippen LogP contribution in [-0.2, 0) is 0 Å². The molecule has 0 radical (unpaired) electrons. The number of ether oxygens (including phenoxy) is 1. The van der Waals surface area contributed by atoms with Crippen molar-refractivity contribution in [1.82, 2.24) is 9.97 Å². The molecule has 1 amide bonds. The Labute approximate surface area is 171 Å². The van der Waals surface area contributed by atoms with Crippen LogP contribution >= 0.6 is 0 Å². The molecule has 2 aromatic carbocycles. The van der Waals surface area contributed by atoms with Gasteiger partial charge >= 0.3 is 0 Å². The summed E-state index contributed by atoms with van der Waals surface area (Å²) in [5.74, 6) is 1.33. The molecule has 1 heterocycles. The largest absolute Gasteiger partial charge is 0.489 e. The number of carbonyl (C=O) groups is 1. The molecule has 3 aromatic rings. The van der Waals surface area contributed by atoms with Crippen LogP contribution in [0.4, 0.5) is 17.2 Å². The van der Waals surface area contributed by atoms with Crippen molar-refractivity contribution in [3.63, 3.8) is 0 Å². The van der Waals surface area contributed by atoms with Gasteiger partial charge in [-0.3, -0.25) is 4.79 Å². The normalized spacial score (nSPS) is 10.8. The van der Waals surface area contributed by atoms with Gasteiger partial charge in [0.25, 0.3) is 5.91 Å². The lowest BCUT2D eigenvalue weighted by Gasteiger charge is -2.14. The maximum absolute atomic E-state index is 12.5. The number of benzene rings is 2. The maximum Gasteiger partial charge on any atom is 0.275 e. The van der Waals surface area contributed by atoms with Crippen molar-refractivity contribution >= 4 is 23.1 Å². The second-order valence-corrected chi connectivity index (χ2v) is 7.31. The standard InChI is InChI=1S/C23H26N4O2/c1-15(2)17-9-11-18(12-10-17)26-22-14-24-20(13-25-22)23(28)27-19-7-5-6-8-21(19)29-16(3)4/h5-16H,1-4H3,(H,25,26)(H,27,28). The number of hydrogen-bond donors (Lipinski definition) is 2. The summed E-state index contributed by atoms with van der Waals surface area (Å²) < 4.78 is 5.73. The van der Waals surface area contributed by atoms with Crippen LogP contribution in [-0.4, -0.2) is 22.0 Å². The summed E-state index contributed by atoms with van der Waals surface area (Å²) in [6, 6.07) is 15.5. The molecule has 0 aliphatic carbocycles. The highest BCUT2D eigenvalue weighted by Gasteiger charge is 2.12. The third-order valence-corrected chi connectivity index (χ3v) is 4.23. The molecule has 0 saturated heterocycles. The lowest BCUT2D eigenvalue weighted by atomic mass is 10.0. The summed E-state index contributed by atoms with van der Waals surface area (Å²) in [7, 11) is 0. The molecule has 0 saturated carbocycles. The van der Waals surface area contributed by atoms with Crippen molar-refractivity contribution in [3.05, 3.63) is 72.2 Å². The van der Waals surface area contributed by atoms with E-state index >= 15 is 0 Å². The van der Waals surface area contributed by atoms with Crippen LogP contribution in [0.2, 0.25) is 0 Å². The average Bonchev–Trinajstić information content (AvgIpc) is 2.70. The second kappa shape index (κ2) is 9.19. The van der Waals surface area contributed by atoms with E-state index in [1.807, 2.05) is 44.2 Å². The zero-order valence-electron chi connectivity index (χ0n) is 17.1. The van der Waals surface area contributed by atoms with Gasteiger partial charge in [-0.2, -0.15) is 0 Å². The monoisotopic (exact) mass is 390 g/mol. The smallest absolute Gasteiger partial charge is 0.275 e. The van der Waals surface area contributed by atoms with Gasteiger partial charge in [0.05, 0.1) is 24.2 Å². The van der Waals surface area contributed by atoms with Gasteiger partial charge in [0.1, 0.15) is 17.3 Å². The molecular formula is C23H26N4O2. The Morgan fingerprint density at radius 3 is 2.28 bits per heavy atom. The van der Waals surface area contributed by atoms with E-state index in [0.717, 1.165) is 5.69 Å². The fourth-order valence-corrected chi connectivity index (χ4v) is 2.72. The van der Waals surface area contributed by atoms with E-state index < -0.39 is 0 Å². The van der Waals surface area contributed by atoms with Gasteiger partial charge in [0, 0.05) is 5.69 Å². The van der Waals surface area contributed by atoms with Gasteiger partial charge in [-0.05, 0) is 49.6 Å². The number of para-hydroxylation sites is 2. The molecule has 6 nitrogen and oxygen atoms in total. The van der Waals surface area contributed by atoms with E-state index in [4.69, 9.17) is 4.74 Å². The third kappa shape index (κ3) is 5.54. The first-order valence-electron chi connectivity index (χ1n) is 9.68. The molecule has 3 rings (SSSR count). The number of nitrogens with zero attached hydrogens (tertiary/aromatic N) is 2.